The van der Waals surface area contributed by atoms with Crippen LogP contribution >= 0.6 is 0 Å². The molecule has 0 fully saturated rings. The molecular formula is C16H22N4O3. The van der Waals surface area contributed by atoms with E-state index in [1.807, 2.05) is 30.6 Å². The maximum absolute atomic E-state index is 12.4. The van der Waals surface area contributed by atoms with E-state index in [9.17, 15) is 4.79 Å². The molecule has 7 nitrogen and oxygen atoms in total. The molecule has 0 aliphatic heterocycles. The number of nitrogens with zero attached hydrogens (tertiary/aromatic N) is 3. The fourth-order valence-corrected chi connectivity index (χ4v) is 2.35. The average Bonchev–Trinajstić information content (AvgIpc) is 2.92. The molecule has 0 aliphatic rings. The summed E-state index contributed by atoms with van der Waals surface area (Å²) in [6, 6.07) is 5.20. The first-order valence-corrected chi connectivity index (χ1v) is 7.16. The maximum atomic E-state index is 12.4. The zero-order valence-electron chi connectivity index (χ0n) is 14.1. The van der Waals surface area contributed by atoms with E-state index in [0.717, 1.165) is 11.6 Å². The van der Waals surface area contributed by atoms with Crippen LogP contribution in [-0.2, 0) is 13.6 Å². The van der Waals surface area contributed by atoms with Crippen LogP contribution in [0.1, 0.15) is 16.1 Å². The average molecular weight is 318 g/mol. The normalized spacial score (nSPS) is 10.3. The smallest absolute Gasteiger partial charge is 0.255 e. The van der Waals surface area contributed by atoms with Crippen molar-refractivity contribution in [1.82, 2.24) is 14.9 Å². The minimum absolute atomic E-state index is 0.228. The van der Waals surface area contributed by atoms with Crippen LogP contribution in [0.4, 0.5) is 5.95 Å². The minimum atomic E-state index is -0.228. The second kappa shape index (κ2) is 7.04. The van der Waals surface area contributed by atoms with Gasteiger partial charge in [-0.3, -0.25) is 4.79 Å². The van der Waals surface area contributed by atoms with Gasteiger partial charge in [0, 0.05) is 21.1 Å². The van der Waals surface area contributed by atoms with Gasteiger partial charge in [-0.1, -0.05) is 6.07 Å². The molecule has 0 aliphatic carbocycles. The predicted octanol–water partition coefficient (Wildman–Crippen LogP) is 1.43. The molecule has 7 heteroatoms. The Kier molecular flexibility index (Phi) is 5.10. The summed E-state index contributed by atoms with van der Waals surface area (Å²) in [6.07, 6.45) is 1.75. The summed E-state index contributed by atoms with van der Waals surface area (Å²) in [5.41, 5.74) is 1.34. The molecule has 2 rings (SSSR count). The molecule has 0 saturated carbocycles. The van der Waals surface area contributed by atoms with E-state index in [-0.39, 0.29) is 5.91 Å². The van der Waals surface area contributed by atoms with Crippen LogP contribution in [-0.4, -0.2) is 43.8 Å². The topological polar surface area (TPSA) is 68.6 Å². The number of carbonyl (C=O) groups is 1. The Morgan fingerprint density at radius 3 is 2.61 bits per heavy atom. The van der Waals surface area contributed by atoms with E-state index in [2.05, 4.69) is 10.3 Å². The van der Waals surface area contributed by atoms with Gasteiger partial charge in [-0.15, -0.1) is 0 Å². The number of benzene rings is 1. The lowest BCUT2D eigenvalue weighted by Crippen LogP contribution is -2.25. The van der Waals surface area contributed by atoms with Crippen molar-refractivity contribution in [3.8, 4) is 11.5 Å². The van der Waals surface area contributed by atoms with Crippen molar-refractivity contribution in [2.24, 2.45) is 7.05 Å². The van der Waals surface area contributed by atoms with E-state index >= 15 is 0 Å². The Labute approximate surface area is 135 Å². The Morgan fingerprint density at radius 1 is 1.30 bits per heavy atom. The van der Waals surface area contributed by atoms with Crippen LogP contribution in [0.2, 0.25) is 0 Å². The molecule has 0 radical (unpaired) electrons. The highest BCUT2D eigenvalue weighted by atomic mass is 16.5. The number of methoxy groups -OCH3 is 2. The fraction of sp³-hybridized carbons (Fsp3) is 0.375. The van der Waals surface area contributed by atoms with Gasteiger partial charge < -0.3 is 24.3 Å². The number of anilines is 1. The Balaban J connectivity index is 2.14. The summed E-state index contributed by atoms with van der Waals surface area (Å²) in [7, 11) is 8.81. The molecule has 23 heavy (non-hydrogen) atoms. The molecule has 0 spiro atoms. The number of amides is 1. The molecule has 1 amide bonds. The van der Waals surface area contributed by atoms with Gasteiger partial charge in [0.1, 0.15) is 0 Å². The summed E-state index contributed by atoms with van der Waals surface area (Å²) in [6.45, 7) is 0.372. The van der Waals surface area contributed by atoms with E-state index in [1.54, 1.807) is 24.4 Å². The first-order valence-electron chi connectivity index (χ1n) is 7.16. The summed E-state index contributed by atoms with van der Waals surface area (Å²) in [5, 5.41) is 2.88. The Hall–Kier alpha value is -2.70. The number of carbonyl (C=O) groups excluding carboxylic acids is 1. The highest BCUT2D eigenvalue weighted by Gasteiger charge is 2.17. The quantitative estimate of drug-likeness (QED) is 0.873. The number of ether oxygens (including phenoxy) is 2. The van der Waals surface area contributed by atoms with E-state index in [4.69, 9.17) is 9.47 Å². The molecule has 0 atom stereocenters. The molecule has 124 valence electrons. The zero-order chi connectivity index (χ0) is 17.0. The van der Waals surface area contributed by atoms with Gasteiger partial charge in [0.25, 0.3) is 5.91 Å². The number of nitrogens with one attached hydrogen (secondary N) is 1. The number of para-hydroxylation sites is 1. The molecular weight excluding hydrogens is 296 g/mol. The van der Waals surface area contributed by atoms with E-state index in [1.165, 1.54) is 14.2 Å². The molecule has 0 unspecified atom stereocenters. The monoisotopic (exact) mass is 318 g/mol. The number of hydrogen-bond donors (Lipinski definition) is 1. The number of rotatable bonds is 6. The third-order valence-corrected chi connectivity index (χ3v) is 3.54. The zero-order valence-corrected chi connectivity index (χ0v) is 14.1. The van der Waals surface area contributed by atoms with Gasteiger partial charge in [0.2, 0.25) is 5.95 Å². The van der Waals surface area contributed by atoms with Gasteiger partial charge in [-0.25, -0.2) is 4.98 Å². The summed E-state index contributed by atoms with van der Waals surface area (Å²) < 4.78 is 12.4. The van der Waals surface area contributed by atoms with Crippen molar-refractivity contribution in [2.75, 3.05) is 33.2 Å². The van der Waals surface area contributed by atoms with Crippen LogP contribution in [0, 0.1) is 0 Å². The van der Waals surface area contributed by atoms with Crippen molar-refractivity contribution in [1.29, 1.82) is 0 Å². The molecule has 2 aromatic rings. The molecule has 0 saturated heterocycles. The second-order valence-electron chi connectivity index (χ2n) is 5.23. The maximum Gasteiger partial charge on any atom is 0.255 e. The molecule has 1 heterocycles. The van der Waals surface area contributed by atoms with Gasteiger partial charge in [-0.05, 0) is 12.1 Å². The lowest BCUT2D eigenvalue weighted by molar-refractivity contribution is 0.0946. The van der Waals surface area contributed by atoms with Gasteiger partial charge in [-0.2, -0.15) is 0 Å². The summed E-state index contributed by atoms with van der Waals surface area (Å²) in [4.78, 5) is 18.7. The molecule has 0 bridgehead atoms. The van der Waals surface area contributed by atoms with Crippen LogP contribution < -0.4 is 19.7 Å². The van der Waals surface area contributed by atoms with E-state index in [0.29, 0.717) is 23.6 Å². The standard InChI is InChI=1S/C16H22N4O3/c1-19(2)16-18-10-11(20(16)3)9-17-15(21)12-7-6-8-13(22-4)14(12)23-5/h6-8,10H,9H2,1-5H3,(H,17,21). The van der Waals surface area contributed by atoms with E-state index < -0.39 is 0 Å². The van der Waals surface area contributed by atoms with Crippen LogP contribution in [0.5, 0.6) is 11.5 Å². The first-order chi connectivity index (χ1) is 11.0. The van der Waals surface area contributed by atoms with Crippen LogP contribution in [0.15, 0.2) is 24.4 Å². The van der Waals surface area contributed by atoms with Crippen molar-refractivity contribution in [3.05, 3.63) is 35.7 Å². The first kappa shape index (κ1) is 16.7. The van der Waals surface area contributed by atoms with Crippen LogP contribution in [0.3, 0.4) is 0 Å². The van der Waals surface area contributed by atoms with Gasteiger partial charge in [0.15, 0.2) is 11.5 Å². The van der Waals surface area contributed by atoms with Crippen molar-refractivity contribution in [3.63, 3.8) is 0 Å². The highest BCUT2D eigenvalue weighted by molar-refractivity contribution is 5.97. The van der Waals surface area contributed by atoms with Crippen molar-refractivity contribution < 1.29 is 14.3 Å². The van der Waals surface area contributed by atoms with Gasteiger partial charge in [0.05, 0.1) is 38.2 Å². The lowest BCUT2D eigenvalue weighted by atomic mass is 10.1. The Morgan fingerprint density at radius 2 is 2.04 bits per heavy atom. The summed E-state index contributed by atoms with van der Waals surface area (Å²) >= 11 is 0. The van der Waals surface area contributed by atoms with Gasteiger partial charge >= 0.3 is 0 Å². The largest absolute Gasteiger partial charge is 0.493 e. The number of aromatic nitrogens is 2. The summed E-state index contributed by atoms with van der Waals surface area (Å²) in [5.74, 6) is 1.55. The van der Waals surface area contributed by atoms with Crippen molar-refractivity contribution in [2.45, 2.75) is 6.54 Å². The number of imidazole rings is 1. The number of hydrogen-bond acceptors (Lipinski definition) is 5. The van der Waals surface area contributed by atoms with Crippen molar-refractivity contribution >= 4 is 11.9 Å². The molecule has 1 aromatic heterocycles. The third-order valence-electron chi connectivity index (χ3n) is 3.54. The predicted molar refractivity (Wildman–Crippen MR) is 88.3 cm³/mol. The SMILES string of the molecule is COc1cccc(C(=O)NCc2cnc(N(C)C)n2C)c1OC. The Bertz CT molecular complexity index is 695. The second-order valence-corrected chi connectivity index (χ2v) is 5.23. The lowest BCUT2D eigenvalue weighted by Gasteiger charge is -2.14. The highest BCUT2D eigenvalue weighted by Crippen LogP contribution is 2.30. The third kappa shape index (κ3) is 3.39. The fourth-order valence-electron chi connectivity index (χ4n) is 2.35. The molecule has 1 aromatic carbocycles. The van der Waals surface area contributed by atoms with Crippen LogP contribution in [0.25, 0.3) is 0 Å². The minimum Gasteiger partial charge on any atom is -0.493 e. The molecule has 1 N–H and O–H groups in total.